The van der Waals surface area contributed by atoms with Crippen molar-refractivity contribution in [2.24, 2.45) is 17.2 Å². The minimum absolute atomic E-state index is 0.0252. The Kier molecular flexibility index (Phi) is 27.9. The molecule has 7 aromatic carbocycles. The summed E-state index contributed by atoms with van der Waals surface area (Å²) in [6, 6.07) is 10.3. The maximum Gasteiger partial charge on any atom is 0.330 e. The number of aliphatic hydroxyl groups is 9. The van der Waals surface area contributed by atoms with Gasteiger partial charge in [0.2, 0.25) is 53.8 Å². The van der Waals surface area contributed by atoms with Crippen LogP contribution in [-0.4, -0.2) is 257 Å². The first-order valence-corrected chi connectivity index (χ1v) is 40.6. The molecule has 126 heavy (non-hydrogen) atoms. The Labute approximate surface area is 726 Å². The van der Waals surface area contributed by atoms with Crippen LogP contribution in [0.2, 0.25) is 10.0 Å². The third-order valence-electron chi connectivity index (χ3n) is 22.8. The summed E-state index contributed by atoms with van der Waals surface area (Å²) < 4.78 is 69.9. The van der Waals surface area contributed by atoms with Crippen LogP contribution in [0, 0.1) is 0 Å². The highest BCUT2D eigenvalue weighted by atomic mass is 35.5. The van der Waals surface area contributed by atoms with Crippen LogP contribution in [0.4, 0.5) is 0 Å². The summed E-state index contributed by atoms with van der Waals surface area (Å²) in [5.74, 6) is -14.9. The average Bonchev–Trinajstić information content (AvgIpc) is 0.789. The summed E-state index contributed by atoms with van der Waals surface area (Å²) in [6.07, 6.45) is -31.4. The number of nitrogens with one attached hydrogen (secondary N) is 6. The molecule has 42 heteroatoms. The van der Waals surface area contributed by atoms with E-state index in [4.69, 9.17) is 92.5 Å². The third-order valence-corrected chi connectivity index (χ3v) is 23.4. The smallest absolute Gasteiger partial charge is 0.330 e. The third kappa shape index (κ3) is 19.3. The van der Waals surface area contributed by atoms with E-state index in [9.17, 15) is 76.0 Å². The molecule has 27 unspecified atom stereocenters. The Hall–Kier alpha value is -10.8. The number of carboxylic acid groups (broad SMARTS) is 1. The largest absolute Gasteiger partial charge is 0.508 e. The first-order chi connectivity index (χ1) is 60.1. The monoisotopic (exact) mass is 1790 g/mol. The van der Waals surface area contributed by atoms with Gasteiger partial charge in [-0.1, -0.05) is 83.9 Å². The van der Waals surface area contributed by atoms with Crippen LogP contribution in [0.15, 0.2) is 133 Å². The van der Waals surface area contributed by atoms with Crippen LogP contribution >= 0.6 is 23.2 Å². The van der Waals surface area contributed by atoms with Gasteiger partial charge in [-0.25, -0.2) is 4.79 Å². The highest BCUT2D eigenvalue weighted by Gasteiger charge is 2.52. The molecule has 11 bridgehead atoms. The van der Waals surface area contributed by atoms with E-state index in [0.717, 1.165) is 48.5 Å². The van der Waals surface area contributed by atoms with Gasteiger partial charge in [0.05, 0.1) is 47.7 Å². The van der Waals surface area contributed by atoms with Gasteiger partial charge in [0.25, 0.3) is 0 Å². The zero-order valence-electron chi connectivity index (χ0n) is 67.0. The van der Waals surface area contributed by atoms with Gasteiger partial charge in [0, 0.05) is 61.2 Å². The van der Waals surface area contributed by atoms with E-state index >= 15 is 24.0 Å². The molecule has 9 aliphatic heterocycles. The first-order valence-electron chi connectivity index (χ1n) is 39.8. The minimum atomic E-state index is -2.43. The van der Waals surface area contributed by atoms with E-state index in [0.29, 0.717) is 5.56 Å². The van der Waals surface area contributed by atoms with Crippen molar-refractivity contribution in [1.29, 1.82) is 0 Å². The minimum Gasteiger partial charge on any atom is -0.508 e. The molecule has 7 aromatic rings. The molecule has 27 atom stereocenters. The topological polar surface area (TPSA) is 634 Å². The zero-order valence-corrected chi connectivity index (χ0v) is 68.5. The lowest BCUT2D eigenvalue weighted by molar-refractivity contribution is -0.330. The van der Waals surface area contributed by atoms with Gasteiger partial charge in [0.1, 0.15) is 126 Å². The second-order valence-electron chi connectivity index (χ2n) is 31.3. The van der Waals surface area contributed by atoms with Gasteiger partial charge < -0.3 is 168 Å². The van der Waals surface area contributed by atoms with Crippen LogP contribution in [0.5, 0.6) is 51.7 Å². The van der Waals surface area contributed by atoms with Crippen molar-refractivity contribution in [3.05, 3.63) is 182 Å². The van der Waals surface area contributed by atoms with Crippen molar-refractivity contribution in [2.45, 2.75) is 198 Å². The molecule has 16 rings (SSSR count). The molecule has 0 aliphatic carbocycles. The van der Waals surface area contributed by atoms with Gasteiger partial charge in [-0.15, -0.1) is 0 Å². The maximum absolute atomic E-state index is 16.9. The van der Waals surface area contributed by atoms with E-state index in [1.807, 2.05) is 0 Å². The van der Waals surface area contributed by atoms with E-state index in [1.54, 1.807) is 37.3 Å². The van der Waals surface area contributed by atoms with Crippen molar-refractivity contribution >= 4 is 64.6 Å². The highest BCUT2D eigenvalue weighted by molar-refractivity contribution is 6.32. The fraction of sp³-hybridized carbons (Fsp3) is 0.417. The number of nitrogens with two attached hydrogens (primary N) is 3. The molecule has 25 N–H and O–H groups in total. The number of fused-ring (bicyclic) bond motifs is 15. The Morgan fingerprint density at radius 1 is 0.563 bits per heavy atom. The van der Waals surface area contributed by atoms with Crippen molar-refractivity contribution in [3.63, 3.8) is 0 Å². The number of carboxylic acids is 1. The van der Waals surface area contributed by atoms with Crippen molar-refractivity contribution in [2.75, 3.05) is 20.3 Å². The molecular formula is C84H93Cl2N9O31. The molecule has 9 aliphatic rings. The lowest BCUT2D eigenvalue weighted by Gasteiger charge is -2.44. The van der Waals surface area contributed by atoms with E-state index in [-0.39, 0.29) is 51.8 Å². The number of phenols is 3. The van der Waals surface area contributed by atoms with Gasteiger partial charge in [-0.05, 0) is 114 Å². The van der Waals surface area contributed by atoms with Crippen LogP contribution in [0.3, 0.4) is 0 Å². The second kappa shape index (κ2) is 38.4. The van der Waals surface area contributed by atoms with Gasteiger partial charge in [-0.2, -0.15) is 0 Å². The van der Waals surface area contributed by atoms with Crippen molar-refractivity contribution in [1.82, 2.24) is 31.9 Å². The molecular weight excluding hydrogens is 1700 g/mol. The number of ether oxygens (including phenoxy) is 11. The number of phenolic OH excluding ortho intramolecular Hbond substituents is 3. The number of methoxy groups -OCH3 is 1. The number of carbonyl (C=O) groups excluding carboxylic acids is 6. The predicted molar refractivity (Wildman–Crippen MR) is 433 cm³/mol. The van der Waals surface area contributed by atoms with E-state index < -0.39 is 293 Å². The summed E-state index contributed by atoms with van der Waals surface area (Å²) in [6.45, 7) is 1.11. The number of hydrogen-bond donors (Lipinski definition) is 22. The Balaban J connectivity index is 1.01. The summed E-state index contributed by atoms with van der Waals surface area (Å²) >= 11 is 13.7. The molecule has 6 amide bonds. The van der Waals surface area contributed by atoms with E-state index in [2.05, 4.69) is 31.9 Å². The SMILES string of the molecule is COC1C(N)CC(OC2c3ccc(c(Cl)c3)Oc3cc4cc(c3OC3OC(CO)C(O)C(O)C3OC3CC(N)C(O)C(C)O3)Oc3ccc(cc3)C(O)C(NC(=O)C(N)c3ccc(O)c(Cl)c3)C(=O)NC(Cc3ccccc3)C(=O)NC4C(=O)NC3C(=O)NC2C(=O)NC(C(=O)O)c2cc(O)cc(OC4OC(CO)C(O)C(O)C4O)c2-c2cc3ccc2O)OC1C. The van der Waals surface area contributed by atoms with Gasteiger partial charge in [0.15, 0.2) is 36.2 Å². The average molecular weight is 1800 g/mol. The second-order valence-corrected chi connectivity index (χ2v) is 32.2. The number of amides is 6. The predicted octanol–water partition coefficient (Wildman–Crippen LogP) is -0.170. The lowest BCUT2D eigenvalue weighted by atomic mass is 9.89. The molecule has 0 saturated carbocycles. The number of hydrogen-bond acceptors (Lipinski definition) is 33. The standard InChI is InChI=1S/C84H93Cl2N9O31/c1-31-65(101)45(87)27-56(117-31)125-75-70(106)68(104)55(30-97)123-84(75)126-74-52-23-38-24-53(74)120-50-18-13-37(22-44(50)86)73(124-57-28-46(88)72(116-3)32(2)118-57)64-81(113)93-62(82(114)115)42-25-39(98)26-51(121-83-71(107)69(105)67(103)54(29-96)122-83)58(42)41-20-36(12-16-48(41)99)60(78(110)95-64)92-79(111)61(38)91-76(108)47(19-33-7-5-4-6-8-33)90-80(112)63(66(102)34-9-14-40(119-52)15-10-34)94-77(109)59(89)35-11-17-49(100)43(85)21-35/h4-18,20-26,31-32,45-47,54-57,59-73,75,83-84,96-107H,19,27-30,87-89H2,1-3H3,(H,90,112)(H,91,108)(H,92,111)(H,93,113)(H,94,109)(H,95,110)(H,114,115). The maximum atomic E-state index is 16.9. The first kappa shape index (κ1) is 91.5. The van der Waals surface area contributed by atoms with Crippen LogP contribution in [0.1, 0.15) is 102 Å². The van der Waals surface area contributed by atoms with Crippen LogP contribution in [0.25, 0.3) is 11.1 Å². The highest BCUT2D eigenvalue weighted by Crippen LogP contribution is 2.50. The van der Waals surface area contributed by atoms with Gasteiger partial charge in [-0.3, -0.25) is 28.8 Å². The number of halogens is 2. The molecule has 40 nitrogen and oxygen atoms in total. The normalized spacial score (nSPS) is 32.1. The number of carbonyl (C=O) groups is 7. The Morgan fingerprint density at radius 3 is 1.86 bits per heavy atom. The quantitative estimate of drug-likeness (QED) is 0.0563. The molecule has 4 saturated heterocycles. The summed E-state index contributed by atoms with van der Waals surface area (Å²) in [4.78, 5) is 110. The van der Waals surface area contributed by atoms with Crippen LogP contribution in [-0.2, 0) is 73.1 Å². The van der Waals surface area contributed by atoms with Crippen molar-refractivity contribution in [3.8, 4) is 62.9 Å². The number of aromatic hydroxyl groups is 3. The summed E-state index contributed by atoms with van der Waals surface area (Å²) in [5, 5.41) is 162. The number of aliphatic carboxylic acids is 1. The molecule has 0 spiro atoms. The van der Waals surface area contributed by atoms with Crippen molar-refractivity contribution < 1.29 is 152 Å². The number of aliphatic hydroxyl groups excluding tert-OH is 9. The van der Waals surface area contributed by atoms with Crippen LogP contribution < -0.4 is 68.0 Å². The summed E-state index contributed by atoms with van der Waals surface area (Å²) in [7, 11) is 1.38. The van der Waals surface area contributed by atoms with E-state index in [1.165, 1.54) is 68.6 Å². The Bertz CT molecular complexity index is 5180. The molecule has 674 valence electrons. The Morgan fingerprint density at radius 2 is 1.19 bits per heavy atom. The fourth-order valence-electron chi connectivity index (χ4n) is 16.0. The number of benzene rings is 7. The molecule has 0 radical (unpaired) electrons. The van der Waals surface area contributed by atoms with Gasteiger partial charge >= 0.3 is 5.97 Å². The zero-order chi connectivity index (χ0) is 90.3. The molecule has 0 aromatic heterocycles. The fourth-order valence-corrected chi connectivity index (χ4v) is 16.5. The molecule has 9 heterocycles. The number of rotatable bonds is 17. The summed E-state index contributed by atoms with van der Waals surface area (Å²) in [5.41, 5.74) is 17.0. The molecule has 4 fully saturated rings. The lowest BCUT2D eigenvalue weighted by Crippen LogP contribution is -2.62.